The monoisotopic (exact) mass is 435 g/mol. The van der Waals surface area contributed by atoms with E-state index in [2.05, 4.69) is 40.7 Å². The van der Waals surface area contributed by atoms with E-state index in [1.807, 2.05) is 33.9 Å². The summed E-state index contributed by atoms with van der Waals surface area (Å²) in [5.41, 5.74) is 5.28. The summed E-state index contributed by atoms with van der Waals surface area (Å²) in [5, 5.41) is 7.26. The third kappa shape index (κ3) is 3.80. The minimum absolute atomic E-state index is 0.0672. The average Bonchev–Trinajstić information content (AvgIpc) is 3.38. The van der Waals surface area contributed by atoms with Gasteiger partial charge in [-0.25, -0.2) is 4.98 Å². The fourth-order valence-corrected chi connectivity index (χ4v) is 4.24. The maximum absolute atomic E-state index is 13.5. The number of H-pyrrole nitrogens is 1. The first-order valence-electron chi connectivity index (χ1n) is 11.2. The summed E-state index contributed by atoms with van der Waals surface area (Å²) in [6.45, 7) is 10.5. The Morgan fingerprint density at radius 2 is 2.03 bits per heavy atom. The molecule has 0 fully saturated rings. The fourth-order valence-electron chi connectivity index (χ4n) is 4.24. The number of hydrogen-bond donors (Lipinski definition) is 1. The summed E-state index contributed by atoms with van der Waals surface area (Å²) >= 11 is 0. The number of rotatable bonds is 5. The van der Waals surface area contributed by atoms with E-state index in [0.717, 1.165) is 47.7 Å². The van der Waals surface area contributed by atoms with Crippen LogP contribution in [0.4, 0.5) is 0 Å². The number of nitrogens with zero attached hydrogens (tertiary/aromatic N) is 4. The second kappa shape index (κ2) is 8.11. The van der Waals surface area contributed by atoms with Crippen molar-refractivity contribution in [2.45, 2.75) is 59.4 Å². The zero-order valence-corrected chi connectivity index (χ0v) is 20.1. The van der Waals surface area contributed by atoms with Gasteiger partial charge >= 0.3 is 0 Å². The van der Waals surface area contributed by atoms with Crippen LogP contribution >= 0.6 is 0 Å². The van der Waals surface area contributed by atoms with E-state index >= 15 is 0 Å². The highest BCUT2D eigenvalue weighted by molar-refractivity contribution is 5.95. The Labute approximate surface area is 189 Å². The molecule has 0 atom stereocenters. The van der Waals surface area contributed by atoms with Crippen molar-refractivity contribution in [3.63, 3.8) is 0 Å². The summed E-state index contributed by atoms with van der Waals surface area (Å²) in [6.07, 6.45) is 4.26. The van der Waals surface area contributed by atoms with Gasteiger partial charge in [0.25, 0.3) is 5.91 Å². The first-order chi connectivity index (χ1) is 15.1. The second-order valence-electron chi connectivity index (χ2n) is 9.95. The third-order valence-electron chi connectivity index (χ3n) is 6.20. The van der Waals surface area contributed by atoms with Crippen molar-refractivity contribution >= 4 is 5.91 Å². The number of amides is 1. The number of aromatic nitrogens is 4. The summed E-state index contributed by atoms with van der Waals surface area (Å²) in [5.74, 6) is 2.04. The molecule has 1 aliphatic heterocycles. The summed E-state index contributed by atoms with van der Waals surface area (Å²) < 4.78 is 7.84. The van der Waals surface area contributed by atoms with Crippen molar-refractivity contribution in [1.82, 2.24) is 24.6 Å². The van der Waals surface area contributed by atoms with Crippen LogP contribution in [-0.4, -0.2) is 50.3 Å². The van der Waals surface area contributed by atoms with Gasteiger partial charge in [-0.3, -0.25) is 14.5 Å². The minimum Gasteiger partial charge on any atom is -0.496 e. The molecule has 3 aromatic rings. The van der Waals surface area contributed by atoms with E-state index < -0.39 is 0 Å². The molecule has 0 bridgehead atoms. The molecule has 0 saturated heterocycles. The number of nitrogens with one attached hydrogen (secondary N) is 1. The molecule has 32 heavy (non-hydrogen) atoms. The molecule has 170 valence electrons. The average molecular weight is 436 g/mol. The number of fused-ring (bicyclic) bond motifs is 3. The third-order valence-corrected chi connectivity index (χ3v) is 6.20. The molecule has 1 N–H and O–H groups in total. The number of aromatic amines is 1. The van der Waals surface area contributed by atoms with Crippen molar-refractivity contribution in [2.75, 3.05) is 14.2 Å². The lowest BCUT2D eigenvalue weighted by Gasteiger charge is -2.32. The molecule has 1 amide bonds. The van der Waals surface area contributed by atoms with Gasteiger partial charge in [-0.05, 0) is 75.3 Å². The van der Waals surface area contributed by atoms with E-state index in [9.17, 15) is 4.79 Å². The number of ether oxygens (including phenoxy) is 1. The smallest absolute Gasteiger partial charge is 0.274 e. The fraction of sp³-hybridized carbons (Fsp3) is 0.480. The van der Waals surface area contributed by atoms with Crippen LogP contribution in [0.25, 0.3) is 17.2 Å². The standard InChI is InChI=1S/C25H33N5O2/c1-15(2)12-17-13-20-16(14-21(17)32-7)8-9-19-22(24(31)29(6)25(3,4)5)27-23(30(19)20)18-10-11-26-28-18/h10-11,13-15H,8-9,12H2,1-7H3,(H,26,28). The molecule has 7 nitrogen and oxygen atoms in total. The van der Waals surface area contributed by atoms with Gasteiger partial charge in [0, 0.05) is 18.8 Å². The van der Waals surface area contributed by atoms with Gasteiger partial charge in [-0.15, -0.1) is 0 Å². The van der Waals surface area contributed by atoms with Crippen LogP contribution in [-0.2, 0) is 19.3 Å². The molecule has 0 radical (unpaired) electrons. The summed E-state index contributed by atoms with van der Waals surface area (Å²) in [6, 6.07) is 6.24. The maximum Gasteiger partial charge on any atom is 0.274 e. The van der Waals surface area contributed by atoms with Crippen molar-refractivity contribution in [3.8, 4) is 23.0 Å². The zero-order valence-electron chi connectivity index (χ0n) is 20.1. The predicted molar refractivity (Wildman–Crippen MR) is 125 cm³/mol. The Morgan fingerprint density at radius 3 is 2.62 bits per heavy atom. The molecule has 0 unspecified atom stereocenters. The van der Waals surface area contributed by atoms with Crippen LogP contribution in [0.1, 0.15) is 61.9 Å². The summed E-state index contributed by atoms with van der Waals surface area (Å²) in [4.78, 5) is 20.1. The summed E-state index contributed by atoms with van der Waals surface area (Å²) in [7, 11) is 3.57. The van der Waals surface area contributed by atoms with Crippen LogP contribution in [0.2, 0.25) is 0 Å². The maximum atomic E-state index is 13.5. The van der Waals surface area contributed by atoms with E-state index in [-0.39, 0.29) is 11.4 Å². The van der Waals surface area contributed by atoms with Crippen LogP contribution in [0.5, 0.6) is 5.75 Å². The van der Waals surface area contributed by atoms with Gasteiger partial charge in [-0.1, -0.05) is 13.8 Å². The Morgan fingerprint density at radius 1 is 1.28 bits per heavy atom. The largest absolute Gasteiger partial charge is 0.496 e. The SMILES string of the molecule is COc1cc2c(cc1CC(C)C)-n1c(-c3cc[nH]n3)nc(C(=O)N(C)C(C)(C)C)c1CC2. The van der Waals surface area contributed by atoms with Crippen molar-refractivity contribution in [3.05, 3.63) is 46.9 Å². The molecular weight excluding hydrogens is 402 g/mol. The number of aryl methyl sites for hydroxylation is 1. The quantitative estimate of drug-likeness (QED) is 0.643. The lowest BCUT2D eigenvalue weighted by Crippen LogP contribution is -2.43. The Balaban J connectivity index is 1.94. The highest BCUT2D eigenvalue weighted by Crippen LogP contribution is 2.37. The van der Waals surface area contributed by atoms with Gasteiger partial charge in [0.2, 0.25) is 0 Å². The molecule has 4 rings (SSSR count). The normalized spacial score (nSPS) is 13.1. The van der Waals surface area contributed by atoms with Gasteiger partial charge < -0.3 is 9.64 Å². The van der Waals surface area contributed by atoms with E-state index in [0.29, 0.717) is 17.4 Å². The lowest BCUT2D eigenvalue weighted by molar-refractivity contribution is 0.0649. The molecule has 1 aromatic carbocycles. The number of imidazole rings is 1. The molecule has 2 aromatic heterocycles. The van der Waals surface area contributed by atoms with E-state index in [1.54, 1.807) is 18.2 Å². The second-order valence-corrected chi connectivity index (χ2v) is 9.95. The van der Waals surface area contributed by atoms with Gasteiger partial charge in [-0.2, -0.15) is 5.10 Å². The van der Waals surface area contributed by atoms with Crippen molar-refractivity contribution < 1.29 is 9.53 Å². The molecular formula is C25H33N5O2. The first kappa shape index (κ1) is 22.1. The molecule has 7 heteroatoms. The number of benzene rings is 1. The van der Waals surface area contributed by atoms with E-state index in [4.69, 9.17) is 9.72 Å². The van der Waals surface area contributed by atoms with Crippen LogP contribution in [0.15, 0.2) is 24.4 Å². The topological polar surface area (TPSA) is 76.0 Å². The minimum atomic E-state index is -0.301. The van der Waals surface area contributed by atoms with Gasteiger partial charge in [0.05, 0.1) is 18.5 Å². The Hall–Kier alpha value is -3.09. The van der Waals surface area contributed by atoms with Crippen LogP contribution in [0, 0.1) is 5.92 Å². The molecule has 0 aliphatic carbocycles. The van der Waals surface area contributed by atoms with Gasteiger partial charge in [0.1, 0.15) is 11.4 Å². The number of carbonyl (C=O) groups excluding carboxylic acids is 1. The van der Waals surface area contributed by atoms with Crippen molar-refractivity contribution in [1.29, 1.82) is 0 Å². The van der Waals surface area contributed by atoms with Gasteiger partial charge in [0.15, 0.2) is 11.5 Å². The van der Waals surface area contributed by atoms with Crippen LogP contribution in [0.3, 0.4) is 0 Å². The zero-order chi connectivity index (χ0) is 23.2. The highest BCUT2D eigenvalue weighted by Gasteiger charge is 2.33. The first-order valence-corrected chi connectivity index (χ1v) is 11.2. The molecule has 3 heterocycles. The number of carbonyl (C=O) groups is 1. The lowest BCUT2D eigenvalue weighted by atomic mass is 9.94. The predicted octanol–water partition coefficient (Wildman–Crippen LogP) is 4.44. The molecule has 0 saturated carbocycles. The molecule has 0 spiro atoms. The van der Waals surface area contributed by atoms with E-state index in [1.165, 1.54) is 5.56 Å². The molecule has 1 aliphatic rings. The number of methoxy groups -OCH3 is 1. The highest BCUT2D eigenvalue weighted by atomic mass is 16.5. The van der Waals surface area contributed by atoms with Crippen LogP contribution < -0.4 is 4.74 Å². The Kier molecular flexibility index (Phi) is 5.61. The number of hydrogen-bond acceptors (Lipinski definition) is 4. The Bertz CT molecular complexity index is 1140. The van der Waals surface area contributed by atoms with Crippen molar-refractivity contribution in [2.24, 2.45) is 5.92 Å².